The molecule has 0 bridgehead atoms. The van der Waals surface area contributed by atoms with Gasteiger partial charge >= 0.3 is 0 Å². The van der Waals surface area contributed by atoms with Crippen molar-refractivity contribution in [2.45, 2.75) is 44.9 Å². The Kier molecular flexibility index (Phi) is 2.58. The summed E-state index contributed by atoms with van der Waals surface area (Å²) in [6.07, 6.45) is 3.78. The van der Waals surface area contributed by atoms with E-state index in [2.05, 4.69) is 19.9 Å². The minimum atomic E-state index is -0.0237. The second-order valence-corrected chi connectivity index (χ2v) is 4.53. The Balaban J connectivity index is 2.41. The summed E-state index contributed by atoms with van der Waals surface area (Å²) >= 11 is 0. The summed E-state index contributed by atoms with van der Waals surface area (Å²) in [6.45, 7) is 4.14. The molecule has 0 spiro atoms. The highest BCUT2D eigenvalue weighted by Gasteiger charge is 2.24. The van der Waals surface area contributed by atoms with Crippen LogP contribution < -0.4 is 0 Å². The molecule has 1 aliphatic carbocycles. The molecule has 1 aliphatic rings. The fourth-order valence-corrected chi connectivity index (χ4v) is 2.24. The molecule has 1 saturated carbocycles. The van der Waals surface area contributed by atoms with Crippen LogP contribution in [0.25, 0.3) is 0 Å². The third-order valence-electron chi connectivity index (χ3n) is 3.21. The first-order chi connectivity index (χ1) is 6.70. The molecule has 0 heterocycles. The van der Waals surface area contributed by atoms with Crippen molar-refractivity contribution >= 4 is 0 Å². The van der Waals surface area contributed by atoms with Gasteiger partial charge in [-0.25, -0.2) is 4.39 Å². The van der Waals surface area contributed by atoms with E-state index in [4.69, 9.17) is 0 Å². The van der Waals surface area contributed by atoms with Gasteiger partial charge in [-0.2, -0.15) is 0 Å². The lowest BCUT2D eigenvalue weighted by Gasteiger charge is -2.29. The quantitative estimate of drug-likeness (QED) is 0.658. The van der Waals surface area contributed by atoms with Gasteiger partial charge in [0.2, 0.25) is 0 Å². The zero-order chi connectivity index (χ0) is 10.1. The smallest absolute Gasteiger partial charge is 0.126 e. The maximum absolute atomic E-state index is 13.6. The summed E-state index contributed by atoms with van der Waals surface area (Å²) in [4.78, 5) is 0. The van der Waals surface area contributed by atoms with Crippen molar-refractivity contribution in [1.29, 1.82) is 0 Å². The Morgan fingerprint density at radius 1 is 1.29 bits per heavy atom. The van der Waals surface area contributed by atoms with Gasteiger partial charge in [-0.15, -0.1) is 0 Å². The average molecular weight is 192 g/mol. The van der Waals surface area contributed by atoms with Gasteiger partial charge in [0.05, 0.1) is 0 Å². The highest BCUT2D eigenvalue weighted by atomic mass is 19.1. The summed E-state index contributed by atoms with van der Waals surface area (Å²) in [6, 6.07) is 5.52. The fraction of sp³-hybridized carbons (Fsp3) is 0.538. The molecule has 0 saturated heterocycles. The SMILES string of the molecule is CC(C)c1c(F)cccc1C1CCC1. The lowest BCUT2D eigenvalue weighted by molar-refractivity contribution is 0.413. The highest BCUT2D eigenvalue weighted by molar-refractivity contribution is 5.35. The predicted molar refractivity (Wildman–Crippen MR) is 57.1 cm³/mol. The van der Waals surface area contributed by atoms with E-state index in [0.717, 1.165) is 5.56 Å². The molecule has 1 heteroatoms. The van der Waals surface area contributed by atoms with Crippen LogP contribution in [0.4, 0.5) is 4.39 Å². The standard InChI is InChI=1S/C13H17F/c1-9(2)13-11(10-5-3-6-10)7-4-8-12(13)14/h4,7-10H,3,5-6H2,1-2H3. The molecule has 2 rings (SSSR count). The van der Waals surface area contributed by atoms with Crippen LogP contribution in [0.1, 0.15) is 56.1 Å². The molecular formula is C13H17F. The number of halogens is 1. The largest absolute Gasteiger partial charge is 0.207 e. The Bertz CT molecular complexity index is 324. The van der Waals surface area contributed by atoms with E-state index < -0.39 is 0 Å². The molecule has 0 aromatic heterocycles. The molecule has 0 amide bonds. The van der Waals surface area contributed by atoms with Crippen molar-refractivity contribution < 1.29 is 4.39 Å². The molecule has 0 radical (unpaired) electrons. The van der Waals surface area contributed by atoms with E-state index >= 15 is 0 Å². The van der Waals surface area contributed by atoms with Crippen molar-refractivity contribution in [2.75, 3.05) is 0 Å². The third kappa shape index (κ3) is 1.56. The Morgan fingerprint density at radius 3 is 2.50 bits per heavy atom. The first-order valence-corrected chi connectivity index (χ1v) is 5.48. The van der Waals surface area contributed by atoms with Crippen LogP contribution in [0.3, 0.4) is 0 Å². The summed E-state index contributed by atoms with van der Waals surface area (Å²) in [5.74, 6) is 0.902. The second kappa shape index (κ2) is 3.72. The van der Waals surface area contributed by atoms with Gasteiger partial charge < -0.3 is 0 Å². The topological polar surface area (TPSA) is 0 Å². The molecule has 0 N–H and O–H groups in total. The van der Waals surface area contributed by atoms with Gasteiger partial charge in [-0.05, 0) is 41.9 Å². The molecule has 1 aromatic carbocycles. The maximum Gasteiger partial charge on any atom is 0.126 e. The van der Waals surface area contributed by atoms with E-state index in [1.807, 2.05) is 6.07 Å². The second-order valence-electron chi connectivity index (χ2n) is 4.53. The zero-order valence-corrected chi connectivity index (χ0v) is 8.89. The molecule has 1 aromatic rings. The van der Waals surface area contributed by atoms with Crippen LogP contribution in [0.15, 0.2) is 18.2 Å². The number of hydrogen-bond donors (Lipinski definition) is 0. The number of hydrogen-bond acceptors (Lipinski definition) is 0. The van der Waals surface area contributed by atoms with E-state index in [9.17, 15) is 4.39 Å². The van der Waals surface area contributed by atoms with E-state index in [1.54, 1.807) is 6.07 Å². The highest BCUT2D eigenvalue weighted by Crippen LogP contribution is 2.40. The first kappa shape index (κ1) is 9.70. The summed E-state index contributed by atoms with van der Waals surface area (Å²) < 4.78 is 13.6. The maximum atomic E-state index is 13.6. The van der Waals surface area contributed by atoms with Gasteiger partial charge in [-0.1, -0.05) is 32.4 Å². The van der Waals surface area contributed by atoms with Crippen LogP contribution in [-0.4, -0.2) is 0 Å². The Hall–Kier alpha value is -0.850. The van der Waals surface area contributed by atoms with Crippen LogP contribution in [-0.2, 0) is 0 Å². The van der Waals surface area contributed by atoms with Crippen molar-refractivity contribution in [1.82, 2.24) is 0 Å². The molecule has 0 unspecified atom stereocenters. The molecule has 0 nitrogen and oxygen atoms in total. The average Bonchev–Trinajstić information content (AvgIpc) is 1.99. The van der Waals surface area contributed by atoms with E-state index in [1.165, 1.54) is 24.8 Å². The molecule has 14 heavy (non-hydrogen) atoms. The first-order valence-electron chi connectivity index (χ1n) is 5.48. The van der Waals surface area contributed by atoms with Crippen LogP contribution in [0.2, 0.25) is 0 Å². The van der Waals surface area contributed by atoms with Crippen molar-refractivity contribution in [2.24, 2.45) is 0 Å². The normalized spacial score (nSPS) is 17.1. The summed E-state index contributed by atoms with van der Waals surface area (Å²) in [7, 11) is 0. The van der Waals surface area contributed by atoms with Gasteiger partial charge in [0.1, 0.15) is 5.82 Å². The van der Waals surface area contributed by atoms with Crippen LogP contribution >= 0.6 is 0 Å². The fourth-order valence-electron chi connectivity index (χ4n) is 2.24. The minimum absolute atomic E-state index is 0.0237. The number of rotatable bonds is 2. The van der Waals surface area contributed by atoms with Gasteiger partial charge in [0, 0.05) is 0 Å². The summed E-state index contributed by atoms with van der Waals surface area (Å²) in [5, 5.41) is 0. The number of benzene rings is 1. The Labute approximate surface area is 85.1 Å². The van der Waals surface area contributed by atoms with Crippen molar-refractivity contribution in [3.63, 3.8) is 0 Å². The molecule has 0 atom stereocenters. The lowest BCUT2D eigenvalue weighted by Crippen LogP contribution is -2.13. The van der Waals surface area contributed by atoms with Crippen LogP contribution in [0.5, 0.6) is 0 Å². The molecule has 1 fully saturated rings. The van der Waals surface area contributed by atoms with Crippen LogP contribution in [0, 0.1) is 5.82 Å². The van der Waals surface area contributed by atoms with E-state index in [-0.39, 0.29) is 5.82 Å². The molecule has 0 aliphatic heterocycles. The van der Waals surface area contributed by atoms with Gasteiger partial charge in [-0.3, -0.25) is 0 Å². The third-order valence-corrected chi connectivity index (χ3v) is 3.21. The van der Waals surface area contributed by atoms with Crippen molar-refractivity contribution in [3.05, 3.63) is 35.1 Å². The molecular weight excluding hydrogens is 175 g/mol. The lowest BCUT2D eigenvalue weighted by atomic mass is 9.76. The minimum Gasteiger partial charge on any atom is -0.207 e. The summed E-state index contributed by atoms with van der Waals surface area (Å²) in [5.41, 5.74) is 2.20. The molecule has 76 valence electrons. The van der Waals surface area contributed by atoms with Gasteiger partial charge in [0.15, 0.2) is 0 Å². The zero-order valence-electron chi connectivity index (χ0n) is 8.89. The Morgan fingerprint density at radius 2 is 2.00 bits per heavy atom. The van der Waals surface area contributed by atoms with Crippen molar-refractivity contribution in [3.8, 4) is 0 Å². The van der Waals surface area contributed by atoms with E-state index in [0.29, 0.717) is 11.8 Å². The van der Waals surface area contributed by atoms with Gasteiger partial charge in [0.25, 0.3) is 0 Å². The predicted octanol–water partition coefficient (Wildman–Crippen LogP) is 4.22. The monoisotopic (exact) mass is 192 g/mol.